The fourth-order valence-electron chi connectivity index (χ4n) is 4.67. The summed E-state index contributed by atoms with van der Waals surface area (Å²) < 4.78 is 0. The zero-order valence-electron chi connectivity index (χ0n) is 16.0. The second-order valence-electron chi connectivity index (χ2n) is 8.09. The van der Waals surface area contributed by atoms with Crippen molar-refractivity contribution in [2.24, 2.45) is 0 Å². The van der Waals surface area contributed by atoms with Crippen LogP contribution in [0.1, 0.15) is 48.6 Å². The highest BCUT2D eigenvalue weighted by Gasteiger charge is 2.49. The zero-order valence-corrected chi connectivity index (χ0v) is 17.6. The van der Waals surface area contributed by atoms with Crippen molar-refractivity contribution in [2.75, 3.05) is 13.1 Å². The van der Waals surface area contributed by atoms with Crippen LogP contribution in [0.3, 0.4) is 0 Å². The molecule has 2 fully saturated rings. The molecule has 4 nitrogen and oxygen atoms in total. The Labute approximate surface area is 176 Å². The third-order valence-electron chi connectivity index (χ3n) is 5.94. The molecule has 148 valence electrons. The topological polar surface area (TPSA) is 45.2 Å². The molecule has 2 saturated heterocycles. The lowest BCUT2D eigenvalue weighted by molar-refractivity contribution is -0.122. The molecule has 1 aromatic heterocycles. The molecule has 0 aliphatic carbocycles. The molecular formula is C22H25Cl2N3O. The van der Waals surface area contributed by atoms with Crippen LogP contribution >= 0.6 is 23.2 Å². The molecule has 1 N–H and O–H groups in total. The number of carbonyl (C=O) groups is 1. The molecule has 0 bridgehead atoms. The number of benzene rings is 1. The van der Waals surface area contributed by atoms with E-state index >= 15 is 0 Å². The molecule has 1 spiro atoms. The summed E-state index contributed by atoms with van der Waals surface area (Å²) in [5, 5.41) is 4.54. The van der Waals surface area contributed by atoms with Gasteiger partial charge in [-0.3, -0.25) is 14.7 Å². The summed E-state index contributed by atoms with van der Waals surface area (Å²) in [6.07, 6.45) is 3.61. The minimum Gasteiger partial charge on any atom is -0.349 e. The summed E-state index contributed by atoms with van der Waals surface area (Å²) in [4.78, 5) is 19.7. The number of hydrogen-bond donors (Lipinski definition) is 1. The minimum absolute atomic E-state index is 0.159. The number of likely N-dealkylation sites (tertiary alicyclic amines) is 1. The first-order chi connectivity index (χ1) is 13.4. The Kier molecular flexibility index (Phi) is 5.64. The molecule has 2 aliphatic rings. The van der Waals surface area contributed by atoms with E-state index in [1.165, 1.54) is 0 Å². The molecule has 28 heavy (non-hydrogen) atoms. The van der Waals surface area contributed by atoms with Crippen LogP contribution in [0.25, 0.3) is 0 Å². The van der Waals surface area contributed by atoms with Gasteiger partial charge in [-0.1, -0.05) is 41.8 Å². The van der Waals surface area contributed by atoms with Gasteiger partial charge in [-0.05, 0) is 49.6 Å². The quantitative estimate of drug-likeness (QED) is 0.784. The normalized spacial score (nSPS) is 25.7. The standard InChI is InChI=1S/C22H25Cl2N3O/c1-15-5-4-6-20(25-15)17-13-27(12-16-8-9-18(23)19(24)11-16)14-22(17)10-3-2-7-21(28)26-22/h4-6,8-9,11,17H,2-3,7,10,12-14H2,1H3,(H,26,28)/t17-,22+/m0/s1. The van der Waals surface area contributed by atoms with E-state index < -0.39 is 0 Å². The zero-order chi connectivity index (χ0) is 19.7. The van der Waals surface area contributed by atoms with Gasteiger partial charge >= 0.3 is 0 Å². The first kappa shape index (κ1) is 19.7. The van der Waals surface area contributed by atoms with Crippen LogP contribution in [-0.2, 0) is 11.3 Å². The van der Waals surface area contributed by atoms with Gasteiger partial charge in [0.15, 0.2) is 0 Å². The van der Waals surface area contributed by atoms with Crippen molar-refractivity contribution in [2.45, 2.75) is 50.6 Å². The summed E-state index contributed by atoms with van der Waals surface area (Å²) >= 11 is 12.3. The number of aryl methyl sites for hydroxylation is 1. The average molecular weight is 418 g/mol. The van der Waals surface area contributed by atoms with Crippen molar-refractivity contribution >= 4 is 29.1 Å². The van der Waals surface area contributed by atoms with Gasteiger partial charge in [0.05, 0.1) is 15.6 Å². The van der Waals surface area contributed by atoms with Crippen LogP contribution in [0.4, 0.5) is 0 Å². The maximum atomic E-state index is 12.5. The number of amides is 1. The predicted octanol–water partition coefficient (Wildman–Crippen LogP) is 4.73. The number of hydrogen-bond acceptors (Lipinski definition) is 3. The summed E-state index contributed by atoms with van der Waals surface area (Å²) in [7, 11) is 0. The Morgan fingerprint density at radius 2 is 2.07 bits per heavy atom. The van der Waals surface area contributed by atoms with Gasteiger partial charge in [-0.2, -0.15) is 0 Å². The maximum absolute atomic E-state index is 12.5. The van der Waals surface area contributed by atoms with E-state index in [2.05, 4.69) is 22.3 Å². The van der Waals surface area contributed by atoms with Gasteiger partial charge in [0.25, 0.3) is 0 Å². The predicted molar refractivity (Wildman–Crippen MR) is 113 cm³/mol. The van der Waals surface area contributed by atoms with Crippen LogP contribution < -0.4 is 5.32 Å². The van der Waals surface area contributed by atoms with Crippen molar-refractivity contribution in [1.29, 1.82) is 0 Å². The fraction of sp³-hybridized carbons (Fsp3) is 0.455. The first-order valence-corrected chi connectivity index (χ1v) is 10.6. The smallest absolute Gasteiger partial charge is 0.220 e. The van der Waals surface area contributed by atoms with E-state index in [1.807, 2.05) is 31.2 Å². The Hall–Kier alpha value is -1.62. The van der Waals surface area contributed by atoms with E-state index in [-0.39, 0.29) is 17.4 Å². The average Bonchev–Trinajstić information content (AvgIpc) is 2.88. The van der Waals surface area contributed by atoms with E-state index in [1.54, 1.807) is 0 Å². The van der Waals surface area contributed by atoms with Crippen molar-refractivity contribution in [1.82, 2.24) is 15.2 Å². The van der Waals surface area contributed by atoms with E-state index in [4.69, 9.17) is 28.2 Å². The van der Waals surface area contributed by atoms with Gasteiger partial charge in [0.1, 0.15) is 0 Å². The van der Waals surface area contributed by atoms with E-state index in [0.29, 0.717) is 16.5 Å². The molecule has 1 aromatic carbocycles. The van der Waals surface area contributed by atoms with Crippen LogP contribution in [-0.4, -0.2) is 34.4 Å². The monoisotopic (exact) mass is 417 g/mol. The molecule has 0 saturated carbocycles. The van der Waals surface area contributed by atoms with Crippen molar-refractivity contribution in [3.8, 4) is 0 Å². The second kappa shape index (κ2) is 8.02. The molecule has 1 amide bonds. The van der Waals surface area contributed by atoms with Crippen LogP contribution in [0, 0.1) is 6.92 Å². The van der Waals surface area contributed by atoms with Crippen molar-refractivity contribution in [3.63, 3.8) is 0 Å². The molecule has 4 rings (SSSR count). The minimum atomic E-state index is -0.259. The number of pyridine rings is 1. The molecular weight excluding hydrogens is 393 g/mol. The Bertz CT molecular complexity index is 888. The summed E-state index contributed by atoms with van der Waals surface area (Å²) in [5.41, 5.74) is 2.95. The number of halogens is 2. The largest absolute Gasteiger partial charge is 0.349 e. The van der Waals surface area contributed by atoms with Crippen LogP contribution in [0.15, 0.2) is 36.4 Å². The molecule has 2 atom stereocenters. The first-order valence-electron chi connectivity index (χ1n) is 9.86. The SMILES string of the molecule is Cc1cccc([C@@H]2CN(Cc3ccc(Cl)c(Cl)c3)C[C@]23CCCCC(=O)N3)n1. The number of aromatic nitrogens is 1. The van der Waals surface area contributed by atoms with Gasteiger partial charge in [-0.25, -0.2) is 0 Å². The number of nitrogens with zero attached hydrogens (tertiary/aromatic N) is 2. The van der Waals surface area contributed by atoms with Crippen molar-refractivity contribution in [3.05, 3.63) is 63.4 Å². The highest BCUT2D eigenvalue weighted by Crippen LogP contribution is 2.41. The summed E-state index contributed by atoms with van der Waals surface area (Å²) in [6, 6.07) is 12.0. The fourth-order valence-corrected chi connectivity index (χ4v) is 4.99. The summed E-state index contributed by atoms with van der Waals surface area (Å²) in [5.74, 6) is 0.337. The molecule has 0 radical (unpaired) electrons. The molecule has 3 heterocycles. The molecule has 2 aliphatic heterocycles. The van der Waals surface area contributed by atoms with E-state index in [9.17, 15) is 4.79 Å². The molecule has 0 unspecified atom stereocenters. The van der Waals surface area contributed by atoms with Crippen LogP contribution in [0.2, 0.25) is 10.0 Å². The molecule has 6 heteroatoms. The Balaban J connectivity index is 1.64. The number of nitrogens with one attached hydrogen (secondary N) is 1. The number of rotatable bonds is 3. The third kappa shape index (κ3) is 4.05. The lowest BCUT2D eigenvalue weighted by Gasteiger charge is -2.34. The molecule has 2 aromatic rings. The number of carbonyl (C=O) groups excluding carboxylic acids is 1. The second-order valence-corrected chi connectivity index (χ2v) is 8.90. The van der Waals surface area contributed by atoms with Gasteiger partial charge in [0.2, 0.25) is 5.91 Å². The Morgan fingerprint density at radius 1 is 1.21 bits per heavy atom. The highest BCUT2D eigenvalue weighted by atomic mass is 35.5. The third-order valence-corrected chi connectivity index (χ3v) is 6.67. The highest BCUT2D eigenvalue weighted by molar-refractivity contribution is 6.42. The lowest BCUT2D eigenvalue weighted by Crippen LogP contribution is -2.52. The van der Waals surface area contributed by atoms with Gasteiger partial charge in [0, 0.05) is 43.4 Å². The van der Waals surface area contributed by atoms with Gasteiger partial charge in [-0.15, -0.1) is 0 Å². The van der Waals surface area contributed by atoms with Crippen LogP contribution in [0.5, 0.6) is 0 Å². The summed E-state index contributed by atoms with van der Waals surface area (Å²) in [6.45, 7) is 4.47. The van der Waals surface area contributed by atoms with Gasteiger partial charge < -0.3 is 5.32 Å². The van der Waals surface area contributed by atoms with Crippen molar-refractivity contribution < 1.29 is 4.79 Å². The maximum Gasteiger partial charge on any atom is 0.220 e. The lowest BCUT2D eigenvalue weighted by atomic mass is 9.81. The van der Waals surface area contributed by atoms with E-state index in [0.717, 1.165) is 55.8 Å². The Morgan fingerprint density at radius 3 is 2.86 bits per heavy atom.